The van der Waals surface area contributed by atoms with Crippen molar-refractivity contribution in [3.63, 3.8) is 0 Å². The topological polar surface area (TPSA) is 50.8 Å². The molecule has 2 rings (SSSR count). The number of likely N-dealkylation sites (tertiary alicyclic amines) is 1. The van der Waals surface area contributed by atoms with Gasteiger partial charge in [-0.05, 0) is 38.0 Å². The third-order valence-corrected chi connectivity index (χ3v) is 3.73. The van der Waals surface area contributed by atoms with Gasteiger partial charge in [0.05, 0.1) is 6.10 Å². The fourth-order valence-corrected chi connectivity index (χ4v) is 2.69. The van der Waals surface area contributed by atoms with Crippen molar-refractivity contribution in [2.75, 3.05) is 26.2 Å². The molecule has 2 aliphatic heterocycles. The van der Waals surface area contributed by atoms with Crippen molar-refractivity contribution in [2.45, 2.75) is 45.1 Å². The maximum atomic E-state index is 6.03. The van der Waals surface area contributed by atoms with E-state index < -0.39 is 0 Å². The van der Waals surface area contributed by atoms with E-state index in [9.17, 15) is 0 Å². The van der Waals surface area contributed by atoms with Gasteiger partial charge in [-0.25, -0.2) is 0 Å². The van der Waals surface area contributed by atoms with Crippen LogP contribution in [-0.4, -0.2) is 43.2 Å². The van der Waals surface area contributed by atoms with Gasteiger partial charge in [0.15, 0.2) is 5.96 Å². The van der Waals surface area contributed by atoms with Crippen molar-refractivity contribution in [1.82, 2.24) is 4.90 Å². The van der Waals surface area contributed by atoms with Crippen LogP contribution >= 0.6 is 24.0 Å². The van der Waals surface area contributed by atoms with E-state index in [4.69, 9.17) is 10.5 Å². The molecule has 0 radical (unpaired) electrons. The Labute approximate surface area is 127 Å². The lowest BCUT2D eigenvalue weighted by Crippen LogP contribution is -2.43. The first-order valence-corrected chi connectivity index (χ1v) is 6.92. The monoisotopic (exact) mass is 367 g/mol. The zero-order chi connectivity index (χ0) is 12.1. The molecule has 2 N–H and O–H groups in total. The second kappa shape index (κ2) is 8.19. The highest BCUT2D eigenvalue weighted by atomic mass is 127. The number of piperidine rings is 1. The summed E-state index contributed by atoms with van der Waals surface area (Å²) in [5.41, 5.74) is 6.03. The lowest BCUT2D eigenvalue weighted by atomic mass is 10.0. The molecule has 2 saturated heterocycles. The fraction of sp³-hybridized carbons (Fsp3) is 0.923. The minimum atomic E-state index is 0. The molecule has 106 valence electrons. The summed E-state index contributed by atoms with van der Waals surface area (Å²) in [4.78, 5) is 6.71. The van der Waals surface area contributed by atoms with Crippen LogP contribution in [-0.2, 0) is 4.74 Å². The second-order valence-electron chi connectivity index (χ2n) is 5.36. The molecule has 5 heteroatoms. The SMILES string of the molecule is CC1CCCN(C(N)=NCCC2CCCO2)C1.I. The number of guanidine groups is 1. The average Bonchev–Trinajstić information content (AvgIpc) is 2.82. The van der Waals surface area contributed by atoms with Crippen LogP contribution in [0.3, 0.4) is 0 Å². The summed E-state index contributed by atoms with van der Waals surface area (Å²) in [6.07, 6.45) is 6.39. The van der Waals surface area contributed by atoms with E-state index in [-0.39, 0.29) is 24.0 Å². The number of hydrogen-bond donors (Lipinski definition) is 1. The molecular formula is C13H26IN3O. The van der Waals surface area contributed by atoms with Crippen molar-refractivity contribution in [3.05, 3.63) is 0 Å². The Balaban J connectivity index is 0.00000162. The molecule has 0 aromatic heterocycles. The van der Waals surface area contributed by atoms with E-state index in [1.165, 1.54) is 25.7 Å². The highest BCUT2D eigenvalue weighted by molar-refractivity contribution is 14.0. The van der Waals surface area contributed by atoms with E-state index in [0.29, 0.717) is 6.10 Å². The Kier molecular flexibility index (Phi) is 7.29. The van der Waals surface area contributed by atoms with Crippen molar-refractivity contribution < 1.29 is 4.74 Å². The predicted molar refractivity (Wildman–Crippen MR) is 85.5 cm³/mol. The molecule has 0 spiro atoms. The van der Waals surface area contributed by atoms with Gasteiger partial charge < -0.3 is 15.4 Å². The second-order valence-corrected chi connectivity index (χ2v) is 5.36. The Morgan fingerprint density at radius 3 is 2.89 bits per heavy atom. The van der Waals surface area contributed by atoms with E-state index in [1.807, 2.05) is 0 Å². The van der Waals surface area contributed by atoms with E-state index in [1.54, 1.807) is 0 Å². The van der Waals surface area contributed by atoms with Gasteiger partial charge in [0.2, 0.25) is 0 Å². The van der Waals surface area contributed by atoms with Crippen LogP contribution in [0.2, 0.25) is 0 Å². The molecular weight excluding hydrogens is 341 g/mol. The van der Waals surface area contributed by atoms with E-state index >= 15 is 0 Å². The Bertz CT molecular complexity index is 267. The van der Waals surface area contributed by atoms with Crippen LogP contribution in [0.25, 0.3) is 0 Å². The van der Waals surface area contributed by atoms with Gasteiger partial charge in [0.25, 0.3) is 0 Å². The number of nitrogens with two attached hydrogens (primary N) is 1. The average molecular weight is 367 g/mol. The lowest BCUT2D eigenvalue weighted by molar-refractivity contribution is 0.106. The molecule has 0 aromatic rings. The molecule has 0 amide bonds. The van der Waals surface area contributed by atoms with E-state index in [2.05, 4.69) is 16.8 Å². The molecule has 18 heavy (non-hydrogen) atoms. The molecule has 2 atom stereocenters. The zero-order valence-corrected chi connectivity index (χ0v) is 13.6. The van der Waals surface area contributed by atoms with Gasteiger partial charge in [-0.3, -0.25) is 4.99 Å². The lowest BCUT2D eigenvalue weighted by Gasteiger charge is -2.31. The predicted octanol–water partition coefficient (Wildman–Crippen LogP) is 2.22. The quantitative estimate of drug-likeness (QED) is 0.473. The summed E-state index contributed by atoms with van der Waals surface area (Å²) < 4.78 is 5.57. The van der Waals surface area contributed by atoms with Gasteiger partial charge >= 0.3 is 0 Å². The Morgan fingerprint density at radius 1 is 1.39 bits per heavy atom. The summed E-state index contributed by atoms with van der Waals surface area (Å²) in [6, 6.07) is 0. The first-order valence-electron chi connectivity index (χ1n) is 6.92. The van der Waals surface area contributed by atoms with Gasteiger partial charge in [-0.15, -0.1) is 24.0 Å². The van der Waals surface area contributed by atoms with Crippen LogP contribution in [0.1, 0.15) is 39.0 Å². The summed E-state index contributed by atoms with van der Waals surface area (Å²) in [5, 5.41) is 0. The molecule has 2 fully saturated rings. The maximum absolute atomic E-state index is 6.03. The molecule has 0 aromatic carbocycles. The molecule has 4 nitrogen and oxygen atoms in total. The number of ether oxygens (including phenoxy) is 1. The van der Waals surface area contributed by atoms with Gasteiger partial charge in [0.1, 0.15) is 0 Å². The standard InChI is InChI=1S/C13H25N3O.HI/c1-11-4-2-8-16(10-11)13(14)15-7-6-12-5-3-9-17-12;/h11-12H,2-10H2,1H3,(H2,14,15);1H. The molecule has 0 aliphatic carbocycles. The number of aliphatic imine (C=N–C) groups is 1. The molecule has 0 saturated carbocycles. The van der Waals surface area contributed by atoms with Gasteiger partial charge in [0, 0.05) is 26.2 Å². The van der Waals surface area contributed by atoms with Gasteiger partial charge in [-0.1, -0.05) is 6.92 Å². The maximum Gasteiger partial charge on any atom is 0.191 e. The first kappa shape index (κ1) is 16.0. The van der Waals surface area contributed by atoms with E-state index in [0.717, 1.165) is 44.5 Å². The van der Waals surface area contributed by atoms with Crippen LogP contribution in [0.5, 0.6) is 0 Å². The summed E-state index contributed by atoms with van der Waals surface area (Å²) in [5.74, 6) is 1.48. The van der Waals surface area contributed by atoms with Crippen LogP contribution in [0, 0.1) is 5.92 Å². The minimum absolute atomic E-state index is 0. The van der Waals surface area contributed by atoms with Crippen molar-refractivity contribution in [3.8, 4) is 0 Å². The largest absolute Gasteiger partial charge is 0.378 e. The number of halogens is 1. The highest BCUT2D eigenvalue weighted by Gasteiger charge is 2.18. The first-order chi connectivity index (χ1) is 8.25. The third kappa shape index (κ3) is 4.91. The number of rotatable bonds is 3. The molecule has 2 unspecified atom stereocenters. The normalized spacial score (nSPS) is 29.2. The smallest absolute Gasteiger partial charge is 0.191 e. The fourth-order valence-electron chi connectivity index (χ4n) is 2.69. The summed E-state index contributed by atoms with van der Waals surface area (Å²) in [7, 11) is 0. The third-order valence-electron chi connectivity index (χ3n) is 3.73. The van der Waals surface area contributed by atoms with Crippen molar-refractivity contribution in [2.24, 2.45) is 16.6 Å². The highest BCUT2D eigenvalue weighted by Crippen LogP contribution is 2.16. The molecule has 2 heterocycles. The number of hydrogen-bond acceptors (Lipinski definition) is 2. The zero-order valence-electron chi connectivity index (χ0n) is 11.3. The summed E-state index contributed by atoms with van der Waals surface area (Å²) >= 11 is 0. The number of nitrogens with zero attached hydrogens (tertiary/aromatic N) is 2. The van der Waals surface area contributed by atoms with Crippen molar-refractivity contribution >= 4 is 29.9 Å². The van der Waals surface area contributed by atoms with Gasteiger partial charge in [-0.2, -0.15) is 0 Å². The summed E-state index contributed by atoms with van der Waals surface area (Å²) in [6.45, 7) is 6.15. The van der Waals surface area contributed by atoms with Crippen molar-refractivity contribution in [1.29, 1.82) is 0 Å². The van der Waals surface area contributed by atoms with Crippen LogP contribution in [0.4, 0.5) is 0 Å². The minimum Gasteiger partial charge on any atom is -0.378 e. The molecule has 2 aliphatic rings. The Morgan fingerprint density at radius 2 is 2.22 bits per heavy atom. The molecule has 0 bridgehead atoms. The van der Waals surface area contributed by atoms with Crippen LogP contribution < -0.4 is 5.73 Å². The Hall–Kier alpha value is -0.0400. The van der Waals surface area contributed by atoms with Crippen LogP contribution in [0.15, 0.2) is 4.99 Å².